The highest BCUT2D eigenvalue weighted by Crippen LogP contribution is 2.34. The molecule has 0 aliphatic rings. The Labute approximate surface area is 172 Å². The second-order valence-electron chi connectivity index (χ2n) is 5.54. The maximum atomic E-state index is 14.6. The van der Waals surface area contributed by atoms with Crippen LogP contribution in [-0.4, -0.2) is 17.0 Å². The van der Waals surface area contributed by atoms with E-state index in [-0.39, 0.29) is 24.8 Å². The summed E-state index contributed by atoms with van der Waals surface area (Å²) in [7, 11) is -3.33. The van der Waals surface area contributed by atoms with Crippen molar-refractivity contribution >= 4 is 44.6 Å². The number of thiophene rings is 1. The second kappa shape index (κ2) is 7.78. The lowest BCUT2D eigenvalue weighted by Gasteiger charge is -2.10. The van der Waals surface area contributed by atoms with E-state index in [0.717, 1.165) is 29.0 Å². The van der Waals surface area contributed by atoms with Gasteiger partial charge in [-0.2, -0.15) is 3.97 Å². The number of halogens is 4. The van der Waals surface area contributed by atoms with Crippen molar-refractivity contribution in [2.45, 2.75) is 11.4 Å². The van der Waals surface area contributed by atoms with Crippen LogP contribution in [0.1, 0.15) is 5.56 Å². The van der Waals surface area contributed by atoms with Crippen molar-refractivity contribution < 1.29 is 17.2 Å². The van der Waals surface area contributed by atoms with Gasteiger partial charge in [0.25, 0.3) is 10.0 Å². The van der Waals surface area contributed by atoms with E-state index in [1.165, 1.54) is 18.2 Å². The van der Waals surface area contributed by atoms with E-state index in [2.05, 4.69) is 4.99 Å². The van der Waals surface area contributed by atoms with E-state index < -0.39 is 37.7 Å². The summed E-state index contributed by atoms with van der Waals surface area (Å²) in [5.41, 5.74) is -1.31. The molecule has 0 bridgehead atoms. The van der Waals surface area contributed by atoms with Crippen LogP contribution in [0.2, 0.25) is 8.67 Å². The van der Waals surface area contributed by atoms with Crippen molar-refractivity contribution in [3.05, 3.63) is 78.4 Å². The summed E-state index contributed by atoms with van der Waals surface area (Å²) in [5, 5.41) is 0. The van der Waals surface area contributed by atoms with Gasteiger partial charge in [0.15, 0.2) is 11.3 Å². The molecule has 6 nitrogen and oxygen atoms in total. The van der Waals surface area contributed by atoms with Crippen LogP contribution in [0, 0.1) is 11.6 Å². The quantitative estimate of drug-likeness (QED) is 0.593. The van der Waals surface area contributed by atoms with Crippen molar-refractivity contribution in [1.82, 2.24) is 8.54 Å². The molecule has 3 rings (SSSR count). The van der Waals surface area contributed by atoms with Gasteiger partial charge in [-0.3, -0.25) is 9.56 Å². The normalized spacial score (nSPS) is 12.5. The molecule has 1 aromatic carbocycles. The monoisotopic (exact) mass is 465 g/mol. The molecule has 28 heavy (non-hydrogen) atoms. The van der Waals surface area contributed by atoms with Gasteiger partial charge in [0.1, 0.15) is 15.0 Å². The fourth-order valence-corrected chi connectivity index (χ4v) is 5.75. The molecule has 0 aliphatic carbocycles. The lowest BCUT2D eigenvalue weighted by molar-refractivity contribution is 0.533. The van der Waals surface area contributed by atoms with E-state index in [1.807, 2.05) is 0 Å². The fourth-order valence-electron chi connectivity index (χ4n) is 2.36. The van der Waals surface area contributed by atoms with Gasteiger partial charge < -0.3 is 0 Å². The van der Waals surface area contributed by atoms with E-state index in [1.54, 1.807) is 6.07 Å². The SMILES string of the molecule is Cn1c(=O)n(S(=O)(=O)c2cc(Cl)sc2Cl)cc(F)/c1=N\Cc1ccccc1F. The summed E-state index contributed by atoms with van der Waals surface area (Å²) >= 11 is 12.4. The summed E-state index contributed by atoms with van der Waals surface area (Å²) in [5.74, 6) is -1.62. The molecule has 2 aromatic heterocycles. The smallest absolute Gasteiger partial charge is 0.278 e. The Hall–Kier alpha value is -2.01. The molecule has 12 heteroatoms. The third-order valence-electron chi connectivity index (χ3n) is 3.76. The second-order valence-corrected chi connectivity index (χ2v) is 9.61. The van der Waals surface area contributed by atoms with Crippen molar-refractivity contribution in [2.75, 3.05) is 0 Å². The largest absolute Gasteiger partial charge is 0.343 e. The third kappa shape index (κ3) is 3.77. The molecule has 0 unspecified atom stereocenters. The molecule has 0 atom stereocenters. The molecule has 0 amide bonds. The molecule has 0 radical (unpaired) electrons. The average molecular weight is 466 g/mol. The van der Waals surface area contributed by atoms with Crippen LogP contribution >= 0.6 is 34.5 Å². The van der Waals surface area contributed by atoms with Gasteiger partial charge in [-0.1, -0.05) is 41.4 Å². The summed E-state index contributed by atoms with van der Waals surface area (Å²) in [6.45, 7) is -0.237. The number of benzene rings is 1. The summed E-state index contributed by atoms with van der Waals surface area (Å²) in [6, 6.07) is 6.84. The predicted molar refractivity (Wildman–Crippen MR) is 102 cm³/mol. The predicted octanol–water partition coefficient (Wildman–Crippen LogP) is 3.17. The van der Waals surface area contributed by atoms with Crippen LogP contribution in [0.15, 0.2) is 51.2 Å². The Morgan fingerprint density at radius 2 is 1.86 bits per heavy atom. The van der Waals surface area contributed by atoms with Gasteiger partial charge in [-0.15, -0.1) is 11.3 Å². The Kier molecular flexibility index (Phi) is 5.76. The Bertz CT molecular complexity index is 1300. The van der Waals surface area contributed by atoms with Gasteiger partial charge in [0, 0.05) is 12.6 Å². The lowest BCUT2D eigenvalue weighted by atomic mass is 10.2. The van der Waals surface area contributed by atoms with Gasteiger partial charge in [-0.05, 0) is 12.1 Å². The summed E-state index contributed by atoms with van der Waals surface area (Å²) in [6.07, 6.45) is 0.500. The average Bonchev–Trinajstić information content (AvgIpc) is 2.98. The van der Waals surface area contributed by atoms with Crippen LogP contribution in [0.5, 0.6) is 0 Å². The number of aromatic nitrogens is 2. The van der Waals surface area contributed by atoms with E-state index in [0.29, 0.717) is 6.20 Å². The molecule has 0 aliphatic heterocycles. The van der Waals surface area contributed by atoms with Crippen LogP contribution < -0.4 is 11.2 Å². The molecule has 0 N–H and O–H groups in total. The lowest BCUT2D eigenvalue weighted by Crippen LogP contribution is -2.42. The zero-order valence-corrected chi connectivity index (χ0v) is 17.2. The molecule has 3 aromatic rings. The summed E-state index contributed by atoms with van der Waals surface area (Å²) in [4.78, 5) is 16.0. The molecule has 0 saturated heterocycles. The van der Waals surface area contributed by atoms with Crippen molar-refractivity contribution in [1.29, 1.82) is 0 Å². The minimum Gasteiger partial charge on any atom is -0.278 e. The Morgan fingerprint density at radius 1 is 1.18 bits per heavy atom. The van der Waals surface area contributed by atoms with Gasteiger partial charge >= 0.3 is 5.69 Å². The summed E-state index contributed by atoms with van der Waals surface area (Å²) < 4.78 is 54.5. The molecule has 0 spiro atoms. The van der Waals surface area contributed by atoms with Crippen LogP contribution in [0.4, 0.5) is 8.78 Å². The third-order valence-corrected chi connectivity index (χ3v) is 7.14. The van der Waals surface area contributed by atoms with Crippen molar-refractivity contribution in [3.63, 3.8) is 0 Å². The minimum absolute atomic E-state index is 0.0954. The van der Waals surface area contributed by atoms with Crippen LogP contribution in [0.25, 0.3) is 0 Å². The van der Waals surface area contributed by atoms with Gasteiger partial charge in [-0.25, -0.2) is 22.0 Å². The Balaban J connectivity index is 2.14. The molecule has 2 heterocycles. The van der Waals surface area contributed by atoms with Crippen molar-refractivity contribution in [2.24, 2.45) is 12.0 Å². The topological polar surface area (TPSA) is 73.4 Å². The standard InChI is InChI=1S/C16H11Cl2F2N3O3S2/c1-22-15(21-7-9-4-2-3-5-10(9)19)11(20)8-23(16(22)24)28(25,26)12-6-13(17)27-14(12)18/h2-6,8H,7H2,1H3/b21-15+. The zero-order valence-electron chi connectivity index (χ0n) is 14.1. The van der Waals surface area contributed by atoms with Gasteiger partial charge in [0.2, 0.25) is 0 Å². The molecule has 0 fully saturated rings. The highest BCUT2D eigenvalue weighted by Gasteiger charge is 2.26. The number of hydrogen-bond donors (Lipinski definition) is 0. The Morgan fingerprint density at radius 3 is 2.46 bits per heavy atom. The highest BCUT2D eigenvalue weighted by atomic mass is 35.5. The van der Waals surface area contributed by atoms with E-state index in [4.69, 9.17) is 23.2 Å². The maximum absolute atomic E-state index is 14.6. The maximum Gasteiger partial charge on any atom is 0.343 e. The minimum atomic E-state index is -4.48. The zero-order chi connectivity index (χ0) is 20.6. The number of hydrogen-bond acceptors (Lipinski definition) is 5. The van der Waals surface area contributed by atoms with Gasteiger partial charge in [0.05, 0.1) is 17.1 Å². The number of nitrogens with zero attached hydrogens (tertiary/aromatic N) is 3. The van der Waals surface area contributed by atoms with E-state index >= 15 is 0 Å². The van der Waals surface area contributed by atoms with Crippen LogP contribution in [-0.2, 0) is 23.6 Å². The molecule has 0 saturated carbocycles. The first-order valence-corrected chi connectivity index (χ1v) is 10.6. The molecule has 148 valence electrons. The van der Waals surface area contributed by atoms with E-state index in [9.17, 15) is 22.0 Å². The van der Waals surface area contributed by atoms with Crippen LogP contribution in [0.3, 0.4) is 0 Å². The van der Waals surface area contributed by atoms with Crippen molar-refractivity contribution in [3.8, 4) is 0 Å². The first-order chi connectivity index (χ1) is 13.1. The first-order valence-electron chi connectivity index (χ1n) is 7.55. The fraction of sp³-hybridized carbons (Fsp3) is 0.125. The number of rotatable bonds is 4. The molecular formula is C16H11Cl2F2N3O3S2. The molecular weight excluding hydrogens is 455 g/mol. The highest BCUT2D eigenvalue weighted by molar-refractivity contribution is 7.90. The first kappa shape index (κ1) is 20.7.